The van der Waals surface area contributed by atoms with E-state index in [9.17, 15) is 0 Å². The number of rotatable bonds is 4. The van der Waals surface area contributed by atoms with Gasteiger partial charge in [-0.3, -0.25) is 4.98 Å². The molecule has 4 heteroatoms. The number of likely N-dealkylation sites (N-methyl/N-ethyl adjacent to an activating group) is 1. The second kappa shape index (κ2) is 6.16. The highest BCUT2D eigenvalue weighted by Gasteiger charge is 2.20. The summed E-state index contributed by atoms with van der Waals surface area (Å²) in [6, 6.07) is 4.67. The topological polar surface area (TPSA) is 45.4 Å². The fourth-order valence-corrected chi connectivity index (χ4v) is 2.51. The number of anilines is 1. The van der Waals surface area contributed by atoms with Gasteiger partial charge in [-0.25, -0.2) is 0 Å². The smallest absolute Gasteiger partial charge is 0.0501 e. The van der Waals surface area contributed by atoms with Crippen LogP contribution in [0, 0.1) is 0 Å². The minimum atomic E-state index is 0.707. The highest BCUT2D eigenvalue weighted by Crippen LogP contribution is 2.14. The first kappa shape index (κ1) is 13.3. The van der Waals surface area contributed by atoms with Crippen molar-refractivity contribution in [3.8, 4) is 0 Å². The molecule has 18 heavy (non-hydrogen) atoms. The van der Waals surface area contributed by atoms with Crippen molar-refractivity contribution in [2.45, 2.75) is 25.3 Å². The van der Waals surface area contributed by atoms with Crippen molar-refractivity contribution >= 4 is 5.69 Å². The normalized spacial score (nSPS) is 21.4. The Labute approximate surface area is 110 Å². The fraction of sp³-hybridized carbons (Fsp3) is 0.643. The molecular formula is C14H24N4. The van der Waals surface area contributed by atoms with E-state index in [-0.39, 0.29) is 0 Å². The van der Waals surface area contributed by atoms with Gasteiger partial charge < -0.3 is 15.5 Å². The van der Waals surface area contributed by atoms with Crippen LogP contribution in [-0.2, 0) is 6.42 Å². The third-order valence-electron chi connectivity index (χ3n) is 3.74. The summed E-state index contributed by atoms with van der Waals surface area (Å²) in [5.74, 6) is 0. The van der Waals surface area contributed by atoms with E-state index in [0.29, 0.717) is 6.04 Å². The molecule has 0 amide bonds. The summed E-state index contributed by atoms with van der Waals surface area (Å²) in [7, 11) is 4.35. The summed E-state index contributed by atoms with van der Waals surface area (Å²) >= 11 is 0. The van der Waals surface area contributed by atoms with Crippen molar-refractivity contribution < 1.29 is 0 Å². The van der Waals surface area contributed by atoms with Gasteiger partial charge in [0.15, 0.2) is 0 Å². The number of hydrogen-bond donors (Lipinski definition) is 1. The lowest BCUT2D eigenvalue weighted by molar-refractivity contribution is 0.134. The molecular weight excluding hydrogens is 224 g/mol. The average molecular weight is 248 g/mol. The maximum absolute atomic E-state index is 5.64. The molecule has 2 heterocycles. The SMILES string of the molecule is CN(C)C1CCCN(CCc2ccc(N)cn2)C1. The van der Waals surface area contributed by atoms with Gasteiger partial charge in [-0.2, -0.15) is 0 Å². The Balaban J connectivity index is 1.81. The molecule has 1 fully saturated rings. The summed E-state index contributed by atoms with van der Waals surface area (Å²) in [6.45, 7) is 3.50. The summed E-state index contributed by atoms with van der Waals surface area (Å²) in [5.41, 5.74) is 7.51. The largest absolute Gasteiger partial charge is 0.397 e. The molecule has 1 aliphatic heterocycles. The van der Waals surface area contributed by atoms with Crippen LogP contribution >= 0.6 is 0 Å². The molecule has 1 atom stereocenters. The van der Waals surface area contributed by atoms with E-state index in [1.165, 1.54) is 25.9 Å². The van der Waals surface area contributed by atoms with Crippen molar-refractivity contribution in [3.63, 3.8) is 0 Å². The zero-order valence-corrected chi connectivity index (χ0v) is 11.5. The number of piperidine rings is 1. The first-order chi connectivity index (χ1) is 8.65. The molecule has 0 aromatic carbocycles. The number of nitrogens with zero attached hydrogens (tertiary/aromatic N) is 3. The van der Waals surface area contributed by atoms with E-state index in [1.54, 1.807) is 6.20 Å². The Morgan fingerprint density at radius 3 is 2.94 bits per heavy atom. The Morgan fingerprint density at radius 1 is 1.44 bits per heavy atom. The van der Waals surface area contributed by atoms with Crippen molar-refractivity contribution in [3.05, 3.63) is 24.0 Å². The van der Waals surface area contributed by atoms with Crippen LogP contribution in [-0.4, -0.2) is 54.6 Å². The average Bonchev–Trinajstić information content (AvgIpc) is 2.38. The minimum absolute atomic E-state index is 0.707. The summed E-state index contributed by atoms with van der Waals surface area (Å²) in [4.78, 5) is 9.24. The Morgan fingerprint density at radius 2 is 2.28 bits per heavy atom. The number of aromatic nitrogens is 1. The van der Waals surface area contributed by atoms with Crippen LogP contribution in [0.1, 0.15) is 18.5 Å². The van der Waals surface area contributed by atoms with E-state index in [0.717, 1.165) is 24.3 Å². The molecule has 1 saturated heterocycles. The summed E-state index contributed by atoms with van der Waals surface area (Å²) < 4.78 is 0. The number of nitrogen functional groups attached to an aromatic ring is 1. The van der Waals surface area contributed by atoms with Gasteiger partial charge in [0.25, 0.3) is 0 Å². The number of hydrogen-bond acceptors (Lipinski definition) is 4. The van der Waals surface area contributed by atoms with Gasteiger partial charge in [0, 0.05) is 31.2 Å². The zero-order valence-electron chi connectivity index (χ0n) is 11.5. The third kappa shape index (κ3) is 3.68. The molecule has 0 spiro atoms. The van der Waals surface area contributed by atoms with Crippen molar-refractivity contribution in [1.29, 1.82) is 0 Å². The zero-order chi connectivity index (χ0) is 13.0. The predicted molar refractivity (Wildman–Crippen MR) is 75.5 cm³/mol. The van der Waals surface area contributed by atoms with E-state index >= 15 is 0 Å². The molecule has 0 radical (unpaired) electrons. The van der Waals surface area contributed by atoms with Gasteiger partial charge in [0.1, 0.15) is 0 Å². The third-order valence-corrected chi connectivity index (χ3v) is 3.74. The standard InChI is InChI=1S/C14H24N4/c1-17(2)14-4-3-8-18(11-14)9-7-13-6-5-12(15)10-16-13/h5-6,10,14H,3-4,7-9,11,15H2,1-2H3. The minimum Gasteiger partial charge on any atom is -0.397 e. The predicted octanol–water partition coefficient (Wildman–Crippen LogP) is 1.23. The first-order valence-corrected chi connectivity index (χ1v) is 6.74. The van der Waals surface area contributed by atoms with Crippen molar-refractivity contribution in [2.75, 3.05) is 39.5 Å². The van der Waals surface area contributed by atoms with Crippen molar-refractivity contribution in [1.82, 2.24) is 14.8 Å². The first-order valence-electron chi connectivity index (χ1n) is 6.74. The van der Waals surface area contributed by atoms with Gasteiger partial charge in [0.05, 0.1) is 11.9 Å². The van der Waals surface area contributed by atoms with Crippen LogP contribution in [0.2, 0.25) is 0 Å². The summed E-state index contributed by atoms with van der Waals surface area (Å²) in [6.07, 6.45) is 5.39. The quantitative estimate of drug-likeness (QED) is 0.870. The van der Waals surface area contributed by atoms with Gasteiger partial charge in [0.2, 0.25) is 0 Å². The van der Waals surface area contributed by atoms with Crippen LogP contribution in [0.5, 0.6) is 0 Å². The molecule has 0 saturated carbocycles. The number of likely N-dealkylation sites (tertiary alicyclic amines) is 1. The van der Waals surface area contributed by atoms with Crippen LogP contribution in [0.15, 0.2) is 18.3 Å². The Bertz CT molecular complexity index is 361. The van der Waals surface area contributed by atoms with E-state index < -0.39 is 0 Å². The van der Waals surface area contributed by atoms with Crippen LogP contribution in [0.4, 0.5) is 5.69 Å². The van der Waals surface area contributed by atoms with Crippen LogP contribution in [0.3, 0.4) is 0 Å². The maximum Gasteiger partial charge on any atom is 0.0501 e. The Hall–Kier alpha value is -1.13. The molecule has 2 rings (SSSR count). The second-order valence-corrected chi connectivity index (χ2v) is 5.39. The maximum atomic E-state index is 5.64. The summed E-state index contributed by atoms with van der Waals surface area (Å²) in [5, 5.41) is 0. The molecule has 1 aromatic heterocycles. The van der Waals surface area contributed by atoms with Crippen LogP contribution in [0.25, 0.3) is 0 Å². The molecule has 1 unspecified atom stereocenters. The molecule has 1 aromatic rings. The lowest BCUT2D eigenvalue weighted by Crippen LogP contribution is -2.45. The van der Waals surface area contributed by atoms with Gasteiger partial charge in [-0.1, -0.05) is 0 Å². The highest BCUT2D eigenvalue weighted by atomic mass is 15.2. The molecule has 2 N–H and O–H groups in total. The second-order valence-electron chi connectivity index (χ2n) is 5.39. The molecule has 1 aliphatic rings. The van der Waals surface area contributed by atoms with Gasteiger partial charge in [-0.05, 0) is 45.6 Å². The van der Waals surface area contributed by atoms with Crippen molar-refractivity contribution in [2.24, 2.45) is 0 Å². The number of pyridine rings is 1. The highest BCUT2D eigenvalue weighted by molar-refractivity contribution is 5.34. The Kier molecular flexibility index (Phi) is 4.55. The molecule has 0 aliphatic carbocycles. The van der Waals surface area contributed by atoms with E-state index in [4.69, 9.17) is 5.73 Å². The monoisotopic (exact) mass is 248 g/mol. The molecule has 4 nitrogen and oxygen atoms in total. The number of nitrogens with two attached hydrogens (primary N) is 1. The fourth-order valence-electron chi connectivity index (χ4n) is 2.51. The van der Waals surface area contributed by atoms with Gasteiger partial charge in [-0.15, -0.1) is 0 Å². The van der Waals surface area contributed by atoms with Gasteiger partial charge >= 0.3 is 0 Å². The lowest BCUT2D eigenvalue weighted by Gasteiger charge is -2.36. The molecule has 0 bridgehead atoms. The van der Waals surface area contributed by atoms with Crippen LogP contribution < -0.4 is 5.73 Å². The van der Waals surface area contributed by atoms with E-state index in [1.807, 2.05) is 12.1 Å². The van der Waals surface area contributed by atoms with E-state index in [2.05, 4.69) is 28.9 Å². The lowest BCUT2D eigenvalue weighted by atomic mass is 10.0. The molecule has 100 valence electrons.